The summed E-state index contributed by atoms with van der Waals surface area (Å²) >= 11 is 0. The number of fused-ring (bicyclic) bond motifs is 6. The fourth-order valence-corrected chi connectivity index (χ4v) is 4.79. The van der Waals surface area contributed by atoms with Crippen molar-refractivity contribution >= 4 is 16.7 Å². The predicted molar refractivity (Wildman–Crippen MR) is 92.9 cm³/mol. The summed E-state index contributed by atoms with van der Waals surface area (Å²) in [4.78, 5) is 11.5. The third-order valence-corrected chi connectivity index (χ3v) is 5.82. The van der Waals surface area contributed by atoms with Crippen molar-refractivity contribution in [2.45, 2.75) is 31.1 Å². The van der Waals surface area contributed by atoms with Gasteiger partial charge in [0.05, 0.1) is 11.3 Å². The average molecular weight is 335 g/mol. The Bertz CT molecular complexity index is 1020. The van der Waals surface area contributed by atoms with Gasteiger partial charge in [-0.05, 0) is 48.6 Å². The zero-order valence-corrected chi connectivity index (χ0v) is 13.4. The van der Waals surface area contributed by atoms with Crippen molar-refractivity contribution in [2.24, 2.45) is 0 Å². The number of hydrogen-bond acceptors (Lipinski definition) is 3. The maximum atomic E-state index is 11.5. The minimum Gasteiger partial charge on any atom is -0.494 e. The third kappa shape index (κ3) is 1.75. The molecular formula is C20H17NO4. The minimum absolute atomic E-state index is 0.0907. The first-order valence-corrected chi connectivity index (χ1v) is 8.49. The first-order chi connectivity index (χ1) is 12.1. The Morgan fingerprint density at radius 3 is 2.12 bits per heavy atom. The lowest BCUT2D eigenvalue weighted by atomic mass is 9.95. The molecule has 1 saturated carbocycles. The molecule has 1 heterocycles. The van der Waals surface area contributed by atoms with Crippen molar-refractivity contribution in [2.75, 3.05) is 0 Å². The van der Waals surface area contributed by atoms with Gasteiger partial charge in [-0.2, -0.15) is 0 Å². The molecule has 25 heavy (non-hydrogen) atoms. The van der Waals surface area contributed by atoms with Gasteiger partial charge in [-0.3, -0.25) is 4.57 Å². The van der Waals surface area contributed by atoms with E-state index in [1.54, 1.807) is 18.2 Å². The zero-order valence-electron chi connectivity index (χ0n) is 13.4. The van der Waals surface area contributed by atoms with E-state index in [1.165, 1.54) is 10.6 Å². The van der Waals surface area contributed by atoms with Crippen LogP contribution in [0.2, 0.25) is 0 Å². The molecule has 126 valence electrons. The molecule has 1 fully saturated rings. The minimum atomic E-state index is -0.996. The average Bonchev–Trinajstić information content (AvgIpc) is 3.28. The van der Waals surface area contributed by atoms with E-state index in [4.69, 9.17) is 0 Å². The number of hydrogen-bond donors (Lipinski definition) is 3. The second kappa shape index (κ2) is 4.79. The summed E-state index contributed by atoms with van der Waals surface area (Å²) < 4.78 is 1.48. The number of benzene rings is 2. The highest BCUT2D eigenvalue weighted by molar-refractivity contribution is 6.06. The maximum absolute atomic E-state index is 11.5. The number of carbonyl (C=O) groups is 1. The highest BCUT2D eigenvalue weighted by atomic mass is 16.4. The molecule has 2 atom stereocenters. The van der Waals surface area contributed by atoms with Gasteiger partial charge in [-0.1, -0.05) is 24.3 Å². The molecule has 2 aliphatic rings. The maximum Gasteiger partial charge on any atom is 0.336 e. The van der Waals surface area contributed by atoms with Crippen LogP contribution in [0.1, 0.15) is 52.6 Å². The van der Waals surface area contributed by atoms with E-state index in [2.05, 4.69) is 0 Å². The number of rotatable bonds is 2. The predicted octanol–water partition coefficient (Wildman–Crippen LogP) is 4.10. The molecule has 5 rings (SSSR count). The van der Waals surface area contributed by atoms with Crippen LogP contribution in [-0.2, 0) is 0 Å². The van der Waals surface area contributed by atoms with E-state index in [1.807, 2.05) is 12.1 Å². The Morgan fingerprint density at radius 2 is 1.52 bits per heavy atom. The summed E-state index contributed by atoms with van der Waals surface area (Å²) in [6.45, 7) is 0. The van der Waals surface area contributed by atoms with E-state index in [9.17, 15) is 20.1 Å². The van der Waals surface area contributed by atoms with Gasteiger partial charge in [0.25, 0.3) is 0 Å². The Morgan fingerprint density at radius 1 is 0.920 bits per heavy atom. The van der Waals surface area contributed by atoms with Crippen molar-refractivity contribution in [3.05, 3.63) is 53.1 Å². The second-order valence-electron chi connectivity index (χ2n) is 7.00. The van der Waals surface area contributed by atoms with Crippen LogP contribution in [0, 0.1) is 0 Å². The third-order valence-electron chi connectivity index (χ3n) is 5.82. The lowest BCUT2D eigenvalue weighted by molar-refractivity contribution is 0.0699. The van der Waals surface area contributed by atoms with E-state index < -0.39 is 5.97 Å². The summed E-state index contributed by atoms with van der Waals surface area (Å²) in [5.41, 5.74) is 2.56. The van der Waals surface area contributed by atoms with E-state index in [0.29, 0.717) is 28.3 Å². The SMILES string of the molecule is O=C(O)c1ccc(-n2c(O)c3c(c2O)[C@H]2CC[C@@H]3C2)c2ccccc12. The Labute approximate surface area is 143 Å². The van der Waals surface area contributed by atoms with Gasteiger partial charge in [0.1, 0.15) is 0 Å². The first-order valence-electron chi connectivity index (χ1n) is 8.49. The van der Waals surface area contributed by atoms with Crippen molar-refractivity contribution in [3.63, 3.8) is 0 Å². The fraction of sp³-hybridized carbons (Fsp3) is 0.250. The molecular weight excluding hydrogens is 318 g/mol. The van der Waals surface area contributed by atoms with E-state index in [0.717, 1.165) is 30.4 Å². The summed E-state index contributed by atoms with van der Waals surface area (Å²) in [6, 6.07) is 10.4. The fourth-order valence-electron chi connectivity index (χ4n) is 4.79. The van der Waals surface area contributed by atoms with Crippen LogP contribution in [0.25, 0.3) is 16.5 Å². The van der Waals surface area contributed by atoms with E-state index in [-0.39, 0.29) is 17.3 Å². The normalized spacial score (nSPS) is 21.0. The summed E-state index contributed by atoms with van der Waals surface area (Å²) in [5, 5.41) is 32.4. The van der Waals surface area contributed by atoms with Crippen LogP contribution in [-0.4, -0.2) is 25.9 Å². The van der Waals surface area contributed by atoms with E-state index >= 15 is 0 Å². The second-order valence-corrected chi connectivity index (χ2v) is 7.00. The van der Waals surface area contributed by atoms with Gasteiger partial charge in [0, 0.05) is 16.5 Å². The largest absolute Gasteiger partial charge is 0.494 e. The zero-order chi connectivity index (χ0) is 17.3. The molecule has 2 aliphatic carbocycles. The highest BCUT2D eigenvalue weighted by Crippen LogP contribution is 2.60. The number of aromatic nitrogens is 1. The molecule has 0 saturated heterocycles. The van der Waals surface area contributed by atoms with Gasteiger partial charge >= 0.3 is 5.97 Å². The number of aromatic hydroxyl groups is 2. The van der Waals surface area contributed by atoms with Crippen molar-refractivity contribution in [1.29, 1.82) is 0 Å². The number of aromatic carboxylic acids is 1. The van der Waals surface area contributed by atoms with Gasteiger partial charge in [-0.25, -0.2) is 4.79 Å². The standard InChI is InChI=1S/C20H17NO4/c22-18-16-10-5-6-11(9-10)17(16)19(23)21(18)15-8-7-14(20(24)25)12-3-1-2-4-13(12)15/h1-4,7-8,10-11,22-23H,5-6,9H2,(H,24,25)/t10-,11+. The van der Waals surface area contributed by atoms with Gasteiger partial charge in [-0.15, -0.1) is 0 Å². The van der Waals surface area contributed by atoms with Gasteiger partial charge in [0.15, 0.2) is 0 Å². The van der Waals surface area contributed by atoms with Crippen LogP contribution in [0.15, 0.2) is 36.4 Å². The van der Waals surface area contributed by atoms with Crippen LogP contribution < -0.4 is 0 Å². The summed E-state index contributed by atoms with van der Waals surface area (Å²) in [7, 11) is 0. The van der Waals surface area contributed by atoms with Gasteiger partial charge < -0.3 is 15.3 Å². The smallest absolute Gasteiger partial charge is 0.336 e. The molecule has 5 nitrogen and oxygen atoms in total. The molecule has 0 aliphatic heterocycles. The van der Waals surface area contributed by atoms with Crippen LogP contribution in [0.5, 0.6) is 11.8 Å². The Hall–Kier alpha value is -2.95. The molecule has 2 aromatic carbocycles. The van der Waals surface area contributed by atoms with Crippen LogP contribution in [0.3, 0.4) is 0 Å². The quantitative estimate of drug-likeness (QED) is 0.658. The molecule has 3 N–H and O–H groups in total. The van der Waals surface area contributed by atoms with Crippen molar-refractivity contribution in [1.82, 2.24) is 4.57 Å². The molecule has 0 spiro atoms. The lowest BCUT2D eigenvalue weighted by Gasteiger charge is -2.13. The molecule has 0 radical (unpaired) electrons. The van der Waals surface area contributed by atoms with Crippen LogP contribution >= 0.6 is 0 Å². The summed E-state index contributed by atoms with van der Waals surface area (Å²) in [5.74, 6) is -0.182. The highest BCUT2D eigenvalue weighted by Gasteiger charge is 2.44. The lowest BCUT2D eigenvalue weighted by Crippen LogP contribution is -2.01. The van der Waals surface area contributed by atoms with Crippen molar-refractivity contribution in [3.8, 4) is 17.4 Å². The van der Waals surface area contributed by atoms with Gasteiger partial charge in [0.2, 0.25) is 11.8 Å². The summed E-state index contributed by atoms with van der Waals surface area (Å²) in [6.07, 6.45) is 3.10. The number of nitrogens with zero attached hydrogens (tertiary/aromatic N) is 1. The Balaban J connectivity index is 1.82. The number of carboxylic acid groups (broad SMARTS) is 1. The van der Waals surface area contributed by atoms with Crippen LogP contribution in [0.4, 0.5) is 0 Å². The molecule has 1 aromatic heterocycles. The molecule has 0 amide bonds. The first kappa shape index (κ1) is 14.4. The Kier molecular flexibility index (Phi) is 2.76. The monoisotopic (exact) mass is 335 g/mol. The molecule has 5 heteroatoms. The molecule has 0 unspecified atom stereocenters. The topological polar surface area (TPSA) is 82.7 Å². The molecule has 3 aromatic rings. The van der Waals surface area contributed by atoms with Crippen molar-refractivity contribution < 1.29 is 20.1 Å². The number of carboxylic acids is 1. The molecule has 2 bridgehead atoms.